The van der Waals surface area contributed by atoms with Gasteiger partial charge in [-0.05, 0) is 42.5 Å². The van der Waals surface area contributed by atoms with Crippen LogP contribution in [0.5, 0.6) is 0 Å². The van der Waals surface area contributed by atoms with E-state index in [1.807, 2.05) is 60.7 Å². The Morgan fingerprint density at radius 1 is 0.739 bits per heavy atom. The summed E-state index contributed by atoms with van der Waals surface area (Å²) in [5, 5.41) is 0. The molecule has 0 unspecified atom stereocenters. The highest BCUT2D eigenvalue weighted by molar-refractivity contribution is 5.85. The number of hydrogen-bond acceptors (Lipinski definition) is 3. The van der Waals surface area contributed by atoms with E-state index in [1.54, 1.807) is 0 Å². The van der Waals surface area contributed by atoms with Crippen molar-refractivity contribution in [2.45, 2.75) is 0 Å². The molecule has 0 aliphatic carbocycles. The van der Waals surface area contributed by atoms with Crippen molar-refractivity contribution in [1.29, 1.82) is 0 Å². The second kappa shape index (κ2) is 5.18. The van der Waals surface area contributed by atoms with Crippen molar-refractivity contribution in [3.63, 3.8) is 0 Å². The molecule has 4 rings (SSSR count). The number of fused-ring (bicyclic) bond motifs is 1. The van der Waals surface area contributed by atoms with Gasteiger partial charge in [-0.2, -0.15) is 0 Å². The topological polar surface area (TPSA) is 69.9 Å². The molecule has 112 valence electrons. The van der Waals surface area contributed by atoms with Crippen LogP contribution in [-0.2, 0) is 0 Å². The molecule has 0 bridgehead atoms. The van der Waals surface area contributed by atoms with Crippen LogP contribution in [0.15, 0.2) is 72.8 Å². The molecule has 0 aliphatic rings. The summed E-state index contributed by atoms with van der Waals surface area (Å²) in [5.74, 6) is 0.885. The summed E-state index contributed by atoms with van der Waals surface area (Å²) in [6, 6.07) is 23.7. The smallest absolute Gasteiger partial charge is 0.145 e. The van der Waals surface area contributed by atoms with Crippen molar-refractivity contribution in [2.75, 3.05) is 11.5 Å². The molecule has 3 aromatic carbocycles. The molecule has 23 heavy (non-hydrogen) atoms. The molecule has 4 aromatic rings. The van der Waals surface area contributed by atoms with E-state index in [1.165, 1.54) is 0 Å². The van der Waals surface area contributed by atoms with Gasteiger partial charge in [-0.25, -0.2) is 4.98 Å². The van der Waals surface area contributed by atoms with Gasteiger partial charge in [0.15, 0.2) is 0 Å². The fourth-order valence-corrected chi connectivity index (χ4v) is 2.76. The van der Waals surface area contributed by atoms with Crippen molar-refractivity contribution < 1.29 is 0 Å². The van der Waals surface area contributed by atoms with E-state index in [0.29, 0.717) is 5.69 Å². The first-order valence-electron chi connectivity index (χ1n) is 7.42. The van der Waals surface area contributed by atoms with Crippen LogP contribution in [0.25, 0.3) is 28.1 Å². The second-order valence-corrected chi connectivity index (χ2v) is 5.48. The minimum absolute atomic E-state index is 0.707. The first-order valence-corrected chi connectivity index (χ1v) is 7.42. The molecular weight excluding hydrogens is 284 g/mol. The van der Waals surface area contributed by atoms with Crippen LogP contribution in [0.3, 0.4) is 0 Å². The number of nitrogens with zero attached hydrogens (tertiary/aromatic N) is 2. The summed E-state index contributed by atoms with van der Waals surface area (Å²) >= 11 is 0. The summed E-state index contributed by atoms with van der Waals surface area (Å²) in [5.41, 5.74) is 17.1. The van der Waals surface area contributed by atoms with E-state index in [2.05, 4.69) is 16.7 Å². The van der Waals surface area contributed by atoms with E-state index in [0.717, 1.165) is 33.8 Å². The van der Waals surface area contributed by atoms with Gasteiger partial charge in [0.2, 0.25) is 0 Å². The molecule has 1 heterocycles. The first kappa shape index (κ1) is 13.4. The molecule has 0 amide bonds. The molecule has 4 heteroatoms. The first-order chi connectivity index (χ1) is 11.2. The number of anilines is 2. The van der Waals surface area contributed by atoms with Crippen molar-refractivity contribution in [3.05, 3.63) is 72.8 Å². The third-order valence-electron chi connectivity index (χ3n) is 3.86. The van der Waals surface area contributed by atoms with E-state index in [9.17, 15) is 0 Å². The summed E-state index contributed by atoms with van der Waals surface area (Å²) in [6.45, 7) is 0. The largest absolute Gasteiger partial charge is 0.399 e. The van der Waals surface area contributed by atoms with Gasteiger partial charge >= 0.3 is 0 Å². The lowest BCUT2D eigenvalue weighted by Gasteiger charge is -2.10. The molecule has 0 fully saturated rings. The van der Waals surface area contributed by atoms with Crippen LogP contribution >= 0.6 is 0 Å². The normalized spacial score (nSPS) is 11.0. The van der Waals surface area contributed by atoms with Gasteiger partial charge in [0.25, 0.3) is 0 Å². The Hall–Kier alpha value is -3.27. The minimum Gasteiger partial charge on any atom is -0.399 e. The van der Waals surface area contributed by atoms with Gasteiger partial charge in [0, 0.05) is 22.6 Å². The lowest BCUT2D eigenvalue weighted by Crippen LogP contribution is -1.98. The zero-order valence-corrected chi connectivity index (χ0v) is 12.5. The minimum atomic E-state index is 0.707. The van der Waals surface area contributed by atoms with Crippen molar-refractivity contribution in [2.24, 2.45) is 0 Å². The van der Waals surface area contributed by atoms with Crippen molar-refractivity contribution in [3.8, 4) is 17.1 Å². The molecule has 0 saturated carbocycles. The van der Waals surface area contributed by atoms with Crippen LogP contribution < -0.4 is 11.5 Å². The van der Waals surface area contributed by atoms with E-state index in [4.69, 9.17) is 16.5 Å². The van der Waals surface area contributed by atoms with Gasteiger partial charge in [0.05, 0.1) is 11.0 Å². The molecule has 0 spiro atoms. The van der Waals surface area contributed by atoms with Gasteiger partial charge in [-0.1, -0.05) is 30.3 Å². The quantitative estimate of drug-likeness (QED) is 0.552. The number of hydrogen-bond donors (Lipinski definition) is 2. The average Bonchev–Trinajstić information content (AvgIpc) is 2.95. The van der Waals surface area contributed by atoms with E-state index < -0.39 is 0 Å². The van der Waals surface area contributed by atoms with Gasteiger partial charge < -0.3 is 11.5 Å². The fraction of sp³-hybridized carbons (Fsp3) is 0. The highest BCUT2D eigenvalue weighted by Crippen LogP contribution is 2.29. The Bertz CT molecular complexity index is 970. The van der Waals surface area contributed by atoms with Crippen LogP contribution in [0.4, 0.5) is 11.4 Å². The maximum atomic E-state index is 5.91. The monoisotopic (exact) mass is 300 g/mol. The summed E-state index contributed by atoms with van der Waals surface area (Å²) in [4.78, 5) is 4.79. The number of benzene rings is 3. The number of imidazole rings is 1. The van der Waals surface area contributed by atoms with Gasteiger partial charge in [-0.3, -0.25) is 4.57 Å². The second-order valence-electron chi connectivity index (χ2n) is 5.48. The number of rotatable bonds is 2. The summed E-state index contributed by atoms with van der Waals surface area (Å²) in [7, 11) is 0. The molecule has 0 aliphatic heterocycles. The van der Waals surface area contributed by atoms with Gasteiger partial charge in [-0.15, -0.1) is 0 Å². The zero-order chi connectivity index (χ0) is 15.8. The Labute approximate surface area is 134 Å². The Morgan fingerprint density at radius 2 is 1.43 bits per heavy atom. The van der Waals surface area contributed by atoms with Crippen LogP contribution in [0.2, 0.25) is 0 Å². The summed E-state index contributed by atoms with van der Waals surface area (Å²) in [6.07, 6.45) is 0. The van der Waals surface area contributed by atoms with Crippen LogP contribution in [-0.4, -0.2) is 9.55 Å². The Morgan fingerprint density at radius 3 is 2.17 bits per heavy atom. The fourth-order valence-electron chi connectivity index (χ4n) is 2.76. The predicted molar refractivity (Wildman–Crippen MR) is 95.3 cm³/mol. The third kappa shape index (κ3) is 2.30. The van der Waals surface area contributed by atoms with Gasteiger partial charge in [0.1, 0.15) is 5.82 Å². The Kier molecular flexibility index (Phi) is 3.01. The number of nitrogen functional groups attached to an aromatic ring is 2. The molecule has 1 aromatic heterocycles. The van der Waals surface area contributed by atoms with Crippen LogP contribution in [0.1, 0.15) is 0 Å². The molecule has 0 saturated heterocycles. The summed E-state index contributed by atoms with van der Waals surface area (Å²) < 4.78 is 2.13. The van der Waals surface area contributed by atoms with Crippen LogP contribution in [0, 0.1) is 0 Å². The van der Waals surface area contributed by atoms with E-state index >= 15 is 0 Å². The molecule has 4 N–H and O–H groups in total. The van der Waals surface area contributed by atoms with E-state index in [-0.39, 0.29) is 0 Å². The molecule has 0 atom stereocenters. The predicted octanol–water partition coefficient (Wildman–Crippen LogP) is 3.86. The number of aromatic nitrogens is 2. The van der Waals surface area contributed by atoms with Crippen molar-refractivity contribution >= 4 is 22.4 Å². The highest BCUT2D eigenvalue weighted by Gasteiger charge is 2.14. The highest BCUT2D eigenvalue weighted by atomic mass is 15.1. The van der Waals surface area contributed by atoms with Crippen molar-refractivity contribution in [1.82, 2.24) is 9.55 Å². The Balaban J connectivity index is 2.05. The SMILES string of the molecule is Nc1ccc(-n2c(-c3ccccc3)nc3cc(N)ccc32)cc1. The zero-order valence-electron chi connectivity index (χ0n) is 12.5. The average molecular weight is 300 g/mol. The maximum absolute atomic E-state index is 5.91. The molecule has 4 nitrogen and oxygen atoms in total. The third-order valence-corrected chi connectivity index (χ3v) is 3.86. The maximum Gasteiger partial charge on any atom is 0.145 e. The molecular formula is C19H16N4. The number of nitrogens with two attached hydrogens (primary N) is 2. The standard InChI is InChI=1S/C19H16N4/c20-14-6-9-16(10-7-14)23-18-11-8-15(21)12-17(18)22-19(23)13-4-2-1-3-5-13/h1-12H,20-21H2. The lowest BCUT2D eigenvalue weighted by molar-refractivity contribution is 1.10. The molecule has 0 radical (unpaired) electrons. The lowest BCUT2D eigenvalue weighted by atomic mass is 10.2.